The van der Waals surface area contributed by atoms with E-state index in [0.29, 0.717) is 62.4 Å². The van der Waals surface area contributed by atoms with Crippen molar-refractivity contribution in [2.75, 3.05) is 62.3 Å². The number of carboxylic acid groups (broad SMARTS) is 1. The molecular formula is C32H36ClN7O4. The molecule has 3 atom stereocenters. The van der Waals surface area contributed by atoms with E-state index in [2.05, 4.69) is 45.0 Å². The smallest absolute Gasteiger partial charge is 0.407 e. The van der Waals surface area contributed by atoms with E-state index in [1.807, 2.05) is 12.1 Å². The maximum atomic E-state index is 11.9. The van der Waals surface area contributed by atoms with Gasteiger partial charge in [-0.3, -0.25) is 4.90 Å². The summed E-state index contributed by atoms with van der Waals surface area (Å²) >= 11 is 6.69. The Labute approximate surface area is 261 Å². The Kier molecular flexibility index (Phi) is 8.06. The fraction of sp³-hybridized carbons (Fsp3) is 0.500. The standard InChI is InChI=1S/C32H36ClN7O4/c33-26-6-1-4-21-5-2-7-28(29(21)26)38-12-9-25-27(19-38)35-31(43-15-3-11-37-18-24-16-23(37)20-44-24)36-30(25)39-13-14-40(32(41)42)22(17-39)8-10-34/h1-2,4-7,22-24H,3,8-9,11-20H2,(H,41,42)/t22-,23-,24-/m0/s1. The SMILES string of the molecule is N#CC[C@H]1CN(c2nc(OCCCN3C[C@@H]4C[C@H]3CO4)nc3c2CCN(c2cccc4cccc(Cl)c24)C3)CCN1C(=O)O. The van der Waals surface area contributed by atoms with Crippen LogP contribution in [0.4, 0.5) is 16.3 Å². The zero-order chi connectivity index (χ0) is 30.2. The molecule has 4 aliphatic rings. The van der Waals surface area contributed by atoms with Crippen LogP contribution in [-0.4, -0.2) is 102 Å². The minimum atomic E-state index is -0.999. The van der Waals surface area contributed by atoms with Crippen LogP contribution < -0.4 is 14.5 Å². The average molecular weight is 618 g/mol. The Hall–Kier alpha value is -3.85. The first-order valence-corrected chi connectivity index (χ1v) is 15.8. The number of hydrogen-bond donors (Lipinski definition) is 1. The second-order valence-corrected chi connectivity index (χ2v) is 12.4. The average Bonchev–Trinajstić information content (AvgIpc) is 3.66. The topological polar surface area (TPSA) is 118 Å². The molecule has 1 amide bonds. The van der Waals surface area contributed by atoms with E-state index in [-0.39, 0.29) is 6.42 Å². The number of halogens is 1. The number of anilines is 2. The number of nitrogens with zero attached hydrogens (tertiary/aromatic N) is 7. The van der Waals surface area contributed by atoms with Crippen molar-refractivity contribution in [3.8, 4) is 12.1 Å². The van der Waals surface area contributed by atoms with Crippen LogP contribution in [0.25, 0.3) is 10.8 Å². The van der Waals surface area contributed by atoms with Gasteiger partial charge in [-0.05, 0) is 36.8 Å². The highest BCUT2D eigenvalue weighted by atomic mass is 35.5. The lowest BCUT2D eigenvalue weighted by Gasteiger charge is -2.41. The molecule has 0 saturated carbocycles. The molecule has 44 heavy (non-hydrogen) atoms. The van der Waals surface area contributed by atoms with Gasteiger partial charge in [-0.15, -0.1) is 0 Å². The van der Waals surface area contributed by atoms with Crippen LogP contribution in [0.1, 0.15) is 30.5 Å². The molecule has 0 aliphatic carbocycles. The largest absolute Gasteiger partial charge is 0.465 e. The lowest BCUT2D eigenvalue weighted by molar-refractivity contribution is 0.0287. The Bertz CT molecular complexity index is 1590. The van der Waals surface area contributed by atoms with Gasteiger partial charge in [-0.1, -0.05) is 35.9 Å². The van der Waals surface area contributed by atoms with Crippen LogP contribution in [0, 0.1) is 11.3 Å². The van der Waals surface area contributed by atoms with Crippen LogP contribution in [-0.2, 0) is 17.7 Å². The second kappa shape index (κ2) is 12.3. The van der Waals surface area contributed by atoms with Gasteiger partial charge in [0.2, 0.25) is 0 Å². The summed E-state index contributed by atoms with van der Waals surface area (Å²) in [6, 6.07) is 14.8. The van der Waals surface area contributed by atoms with Crippen molar-refractivity contribution in [3.63, 3.8) is 0 Å². The van der Waals surface area contributed by atoms with Crippen molar-refractivity contribution in [2.24, 2.45) is 0 Å². The minimum Gasteiger partial charge on any atom is -0.465 e. The predicted octanol–water partition coefficient (Wildman–Crippen LogP) is 4.17. The molecule has 0 spiro atoms. The zero-order valence-corrected chi connectivity index (χ0v) is 25.3. The molecule has 2 aromatic carbocycles. The number of carbonyl (C=O) groups is 1. The molecule has 7 rings (SSSR count). The van der Waals surface area contributed by atoms with E-state index < -0.39 is 12.1 Å². The maximum Gasteiger partial charge on any atom is 0.407 e. The van der Waals surface area contributed by atoms with E-state index in [1.54, 1.807) is 0 Å². The molecule has 11 nitrogen and oxygen atoms in total. The summed E-state index contributed by atoms with van der Waals surface area (Å²) in [4.78, 5) is 30.0. The quantitative estimate of drug-likeness (QED) is 0.369. The number of likely N-dealkylation sites (tertiary alicyclic amines) is 1. The molecule has 2 bridgehead atoms. The van der Waals surface area contributed by atoms with Gasteiger partial charge in [0, 0.05) is 61.9 Å². The number of rotatable bonds is 8. The van der Waals surface area contributed by atoms with E-state index >= 15 is 0 Å². The molecule has 3 fully saturated rings. The Morgan fingerprint density at radius 3 is 2.77 bits per heavy atom. The van der Waals surface area contributed by atoms with Crippen molar-refractivity contribution in [1.29, 1.82) is 5.26 Å². The summed E-state index contributed by atoms with van der Waals surface area (Å²) in [5.41, 5.74) is 3.01. The third kappa shape index (κ3) is 5.58. The van der Waals surface area contributed by atoms with Crippen molar-refractivity contribution in [2.45, 2.75) is 50.4 Å². The van der Waals surface area contributed by atoms with E-state index in [9.17, 15) is 15.2 Å². The fourth-order valence-electron chi connectivity index (χ4n) is 7.22. The first kappa shape index (κ1) is 28.9. The Morgan fingerprint density at radius 1 is 1.14 bits per heavy atom. The lowest BCUT2D eigenvalue weighted by Crippen LogP contribution is -2.55. The predicted molar refractivity (Wildman–Crippen MR) is 167 cm³/mol. The third-order valence-corrected chi connectivity index (χ3v) is 9.70. The molecule has 1 N–H and O–H groups in total. The number of ether oxygens (including phenoxy) is 2. The van der Waals surface area contributed by atoms with Crippen LogP contribution in [0.2, 0.25) is 5.02 Å². The fourth-order valence-corrected chi connectivity index (χ4v) is 7.50. The number of morpholine rings is 1. The van der Waals surface area contributed by atoms with Gasteiger partial charge in [-0.2, -0.15) is 15.2 Å². The molecule has 0 radical (unpaired) electrons. The molecule has 0 unspecified atom stereocenters. The summed E-state index contributed by atoms with van der Waals surface area (Å²) in [7, 11) is 0. The minimum absolute atomic E-state index is 0.123. The van der Waals surface area contributed by atoms with Gasteiger partial charge < -0.3 is 29.3 Å². The van der Waals surface area contributed by atoms with E-state index in [4.69, 9.17) is 31.0 Å². The first-order valence-electron chi connectivity index (χ1n) is 15.4. The third-order valence-electron chi connectivity index (χ3n) is 9.38. The zero-order valence-electron chi connectivity index (χ0n) is 24.6. The lowest BCUT2D eigenvalue weighted by atomic mass is 10.0. The van der Waals surface area contributed by atoms with Crippen molar-refractivity contribution in [3.05, 3.63) is 52.7 Å². The van der Waals surface area contributed by atoms with E-state index in [0.717, 1.165) is 72.6 Å². The molecule has 5 heterocycles. The van der Waals surface area contributed by atoms with Crippen LogP contribution in [0.15, 0.2) is 36.4 Å². The van der Waals surface area contributed by atoms with Crippen molar-refractivity contribution >= 4 is 40.0 Å². The summed E-state index contributed by atoms with van der Waals surface area (Å²) in [6.07, 6.45) is 2.20. The molecule has 3 aromatic rings. The molecule has 4 aliphatic heterocycles. The van der Waals surface area contributed by atoms with Crippen LogP contribution >= 0.6 is 11.6 Å². The molecule has 1 aromatic heterocycles. The van der Waals surface area contributed by atoms with Gasteiger partial charge in [0.1, 0.15) is 5.82 Å². The maximum absolute atomic E-state index is 11.9. The second-order valence-electron chi connectivity index (χ2n) is 12.0. The number of aromatic nitrogens is 2. The number of piperazine rings is 1. The Morgan fingerprint density at radius 2 is 2.00 bits per heavy atom. The monoisotopic (exact) mass is 617 g/mol. The van der Waals surface area contributed by atoms with Gasteiger partial charge in [0.15, 0.2) is 0 Å². The van der Waals surface area contributed by atoms with E-state index in [1.165, 1.54) is 4.90 Å². The highest BCUT2D eigenvalue weighted by Gasteiger charge is 2.38. The number of nitriles is 1. The molecule has 230 valence electrons. The van der Waals surface area contributed by atoms with Gasteiger partial charge in [0.25, 0.3) is 0 Å². The van der Waals surface area contributed by atoms with Crippen LogP contribution in [0.5, 0.6) is 6.01 Å². The number of hydrogen-bond acceptors (Lipinski definition) is 9. The molecule has 3 saturated heterocycles. The summed E-state index contributed by atoms with van der Waals surface area (Å²) in [5, 5.41) is 22.0. The molecule has 12 heteroatoms. The van der Waals surface area contributed by atoms with Crippen molar-refractivity contribution < 1.29 is 19.4 Å². The van der Waals surface area contributed by atoms with Gasteiger partial charge >= 0.3 is 12.1 Å². The first-order chi connectivity index (χ1) is 21.5. The highest BCUT2D eigenvalue weighted by Crippen LogP contribution is 2.37. The van der Waals surface area contributed by atoms with Crippen LogP contribution in [0.3, 0.4) is 0 Å². The van der Waals surface area contributed by atoms with Crippen molar-refractivity contribution in [1.82, 2.24) is 19.8 Å². The van der Waals surface area contributed by atoms with Gasteiger partial charge in [-0.25, -0.2) is 4.79 Å². The molecular weight excluding hydrogens is 582 g/mol. The number of fused-ring (bicyclic) bond motifs is 4. The summed E-state index contributed by atoms with van der Waals surface area (Å²) in [5.74, 6) is 0.780. The van der Waals surface area contributed by atoms with Gasteiger partial charge in [0.05, 0.1) is 55.1 Å². The Balaban J connectivity index is 1.15. The normalized spacial score (nSPS) is 23.2. The number of amides is 1. The summed E-state index contributed by atoms with van der Waals surface area (Å²) in [6.45, 7) is 5.77. The summed E-state index contributed by atoms with van der Waals surface area (Å²) < 4.78 is 11.9. The number of benzene rings is 2. The highest BCUT2D eigenvalue weighted by molar-refractivity contribution is 6.36.